The van der Waals surface area contributed by atoms with Gasteiger partial charge < -0.3 is 9.64 Å². The van der Waals surface area contributed by atoms with Gasteiger partial charge in [0.1, 0.15) is 5.75 Å². The van der Waals surface area contributed by atoms with Crippen LogP contribution in [0.5, 0.6) is 5.75 Å². The molecule has 0 aliphatic carbocycles. The third-order valence-electron chi connectivity index (χ3n) is 5.32. The van der Waals surface area contributed by atoms with Crippen molar-refractivity contribution in [3.8, 4) is 5.75 Å². The van der Waals surface area contributed by atoms with E-state index in [0.717, 1.165) is 23.4 Å². The van der Waals surface area contributed by atoms with Crippen LogP contribution < -0.4 is 9.64 Å². The Bertz CT molecular complexity index is 951. The lowest BCUT2D eigenvalue weighted by Crippen LogP contribution is -2.43. The number of benzene rings is 3. The molecule has 1 amide bonds. The fraction of sp³-hybridized carbons (Fsp3) is 0.208. The standard InChI is InChI=1S/C24H23NO2/c1-17-15-22(19-11-8-12-20(16-19)27-2)21-13-6-7-14-23(21)25(17)24(26)18-9-4-3-5-10-18/h3-14,16-17,22H,15H2,1-2H3. The maximum atomic E-state index is 13.2. The Morgan fingerprint density at radius 1 is 0.963 bits per heavy atom. The highest BCUT2D eigenvalue weighted by Crippen LogP contribution is 2.43. The van der Waals surface area contributed by atoms with Gasteiger partial charge in [-0.3, -0.25) is 4.79 Å². The number of amides is 1. The molecular formula is C24H23NO2. The second-order valence-corrected chi connectivity index (χ2v) is 7.01. The van der Waals surface area contributed by atoms with Crippen molar-refractivity contribution in [1.29, 1.82) is 0 Å². The first-order chi connectivity index (χ1) is 13.2. The summed E-state index contributed by atoms with van der Waals surface area (Å²) in [5, 5.41) is 0. The van der Waals surface area contributed by atoms with E-state index in [1.807, 2.05) is 59.5 Å². The topological polar surface area (TPSA) is 29.5 Å². The molecule has 1 aliphatic heterocycles. The zero-order chi connectivity index (χ0) is 18.8. The summed E-state index contributed by atoms with van der Waals surface area (Å²) in [5.74, 6) is 1.16. The number of ether oxygens (including phenoxy) is 1. The molecule has 0 bridgehead atoms. The van der Waals surface area contributed by atoms with Gasteiger partial charge in [0.25, 0.3) is 5.91 Å². The Morgan fingerprint density at radius 2 is 1.70 bits per heavy atom. The van der Waals surface area contributed by atoms with E-state index >= 15 is 0 Å². The minimum absolute atomic E-state index is 0.0552. The smallest absolute Gasteiger partial charge is 0.258 e. The average molecular weight is 357 g/mol. The lowest BCUT2D eigenvalue weighted by atomic mass is 9.81. The number of methoxy groups -OCH3 is 1. The summed E-state index contributed by atoms with van der Waals surface area (Å²) >= 11 is 0. The van der Waals surface area contributed by atoms with Crippen molar-refractivity contribution >= 4 is 11.6 Å². The van der Waals surface area contributed by atoms with E-state index < -0.39 is 0 Å². The third-order valence-corrected chi connectivity index (χ3v) is 5.32. The van der Waals surface area contributed by atoms with E-state index in [9.17, 15) is 4.79 Å². The number of nitrogens with zero attached hydrogens (tertiary/aromatic N) is 1. The largest absolute Gasteiger partial charge is 0.497 e. The van der Waals surface area contributed by atoms with Crippen LogP contribution in [-0.2, 0) is 0 Å². The Morgan fingerprint density at radius 3 is 2.48 bits per heavy atom. The molecule has 3 heteroatoms. The Balaban J connectivity index is 1.77. The van der Waals surface area contributed by atoms with Gasteiger partial charge in [0.15, 0.2) is 0 Å². The van der Waals surface area contributed by atoms with Crippen LogP contribution in [0, 0.1) is 0 Å². The first kappa shape index (κ1) is 17.3. The van der Waals surface area contributed by atoms with Gasteiger partial charge in [-0.25, -0.2) is 0 Å². The van der Waals surface area contributed by atoms with Crippen molar-refractivity contribution in [3.63, 3.8) is 0 Å². The van der Waals surface area contributed by atoms with Crippen LogP contribution in [-0.4, -0.2) is 19.1 Å². The number of hydrogen-bond donors (Lipinski definition) is 0. The van der Waals surface area contributed by atoms with Crippen molar-refractivity contribution in [2.24, 2.45) is 0 Å². The van der Waals surface area contributed by atoms with E-state index in [0.29, 0.717) is 0 Å². The Labute approximate surface area is 160 Å². The average Bonchev–Trinajstić information content (AvgIpc) is 2.73. The van der Waals surface area contributed by atoms with E-state index in [2.05, 4.69) is 31.2 Å². The SMILES string of the molecule is COc1cccc(C2CC(C)N(C(=O)c3ccccc3)c3ccccc32)c1. The van der Waals surface area contributed by atoms with Crippen LogP contribution in [0.3, 0.4) is 0 Å². The molecule has 0 radical (unpaired) electrons. The zero-order valence-corrected chi connectivity index (χ0v) is 15.6. The summed E-state index contributed by atoms with van der Waals surface area (Å²) in [7, 11) is 1.69. The number of rotatable bonds is 3. The fourth-order valence-electron chi connectivity index (χ4n) is 4.02. The lowest BCUT2D eigenvalue weighted by Gasteiger charge is -2.39. The molecule has 0 spiro atoms. The van der Waals surface area contributed by atoms with Gasteiger partial charge in [0, 0.05) is 23.2 Å². The van der Waals surface area contributed by atoms with E-state index in [4.69, 9.17) is 4.74 Å². The summed E-state index contributed by atoms with van der Waals surface area (Å²) in [6.07, 6.45) is 0.878. The van der Waals surface area contributed by atoms with Crippen molar-refractivity contribution in [2.45, 2.75) is 25.3 Å². The molecule has 0 saturated heterocycles. The summed E-state index contributed by atoms with van der Waals surface area (Å²) in [4.78, 5) is 15.2. The van der Waals surface area contributed by atoms with Gasteiger partial charge in [0.2, 0.25) is 0 Å². The highest BCUT2D eigenvalue weighted by Gasteiger charge is 2.34. The van der Waals surface area contributed by atoms with Crippen LogP contribution in [0.15, 0.2) is 78.9 Å². The molecule has 136 valence electrons. The number of carbonyl (C=O) groups is 1. The van der Waals surface area contributed by atoms with Gasteiger partial charge in [-0.05, 0) is 54.8 Å². The maximum Gasteiger partial charge on any atom is 0.258 e. The normalized spacial score (nSPS) is 18.7. The highest BCUT2D eigenvalue weighted by atomic mass is 16.5. The second kappa shape index (κ2) is 7.28. The zero-order valence-electron chi connectivity index (χ0n) is 15.6. The molecule has 3 nitrogen and oxygen atoms in total. The number of fused-ring (bicyclic) bond motifs is 1. The summed E-state index contributed by atoms with van der Waals surface area (Å²) in [6.45, 7) is 2.13. The second-order valence-electron chi connectivity index (χ2n) is 7.01. The van der Waals surface area contributed by atoms with Gasteiger partial charge in [0.05, 0.1) is 7.11 Å². The molecule has 27 heavy (non-hydrogen) atoms. The molecule has 2 unspecified atom stereocenters. The van der Waals surface area contributed by atoms with Crippen LogP contribution in [0.1, 0.15) is 40.7 Å². The fourth-order valence-corrected chi connectivity index (χ4v) is 4.02. The molecule has 0 fully saturated rings. The predicted molar refractivity (Wildman–Crippen MR) is 109 cm³/mol. The number of carbonyl (C=O) groups excluding carboxylic acids is 1. The lowest BCUT2D eigenvalue weighted by molar-refractivity contribution is 0.0974. The quantitative estimate of drug-likeness (QED) is 0.639. The first-order valence-electron chi connectivity index (χ1n) is 9.30. The van der Waals surface area contributed by atoms with Crippen molar-refractivity contribution in [1.82, 2.24) is 0 Å². The predicted octanol–water partition coefficient (Wildman–Crippen LogP) is 5.27. The summed E-state index contributed by atoms with van der Waals surface area (Å²) in [5.41, 5.74) is 4.13. The third kappa shape index (κ3) is 3.21. The van der Waals surface area contributed by atoms with Crippen LogP contribution in [0.25, 0.3) is 0 Å². The molecule has 3 aromatic carbocycles. The number of anilines is 1. The first-order valence-corrected chi connectivity index (χ1v) is 9.30. The monoisotopic (exact) mass is 357 g/mol. The Hall–Kier alpha value is -3.07. The van der Waals surface area contributed by atoms with Crippen molar-refractivity contribution < 1.29 is 9.53 Å². The van der Waals surface area contributed by atoms with E-state index in [1.54, 1.807) is 7.11 Å². The van der Waals surface area contributed by atoms with Crippen molar-refractivity contribution in [2.75, 3.05) is 12.0 Å². The van der Waals surface area contributed by atoms with Gasteiger partial charge in [-0.1, -0.05) is 48.5 Å². The van der Waals surface area contributed by atoms with Gasteiger partial charge in [-0.15, -0.1) is 0 Å². The van der Waals surface area contributed by atoms with Crippen LogP contribution >= 0.6 is 0 Å². The van der Waals surface area contributed by atoms with Gasteiger partial charge >= 0.3 is 0 Å². The Kier molecular flexibility index (Phi) is 4.68. The molecule has 1 aliphatic rings. The summed E-state index contributed by atoms with van der Waals surface area (Å²) < 4.78 is 5.41. The molecule has 3 aromatic rings. The van der Waals surface area contributed by atoms with E-state index in [-0.39, 0.29) is 17.9 Å². The van der Waals surface area contributed by atoms with E-state index in [1.165, 1.54) is 11.1 Å². The molecule has 1 heterocycles. The molecule has 2 atom stereocenters. The van der Waals surface area contributed by atoms with Crippen LogP contribution in [0.2, 0.25) is 0 Å². The molecule has 4 rings (SSSR count). The molecule has 0 N–H and O–H groups in total. The molecule has 0 aromatic heterocycles. The minimum Gasteiger partial charge on any atom is -0.497 e. The summed E-state index contributed by atoms with van der Waals surface area (Å²) in [6, 6.07) is 26.1. The number of hydrogen-bond acceptors (Lipinski definition) is 2. The highest BCUT2D eigenvalue weighted by molar-refractivity contribution is 6.07. The van der Waals surface area contributed by atoms with Gasteiger partial charge in [-0.2, -0.15) is 0 Å². The molecular weight excluding hydrogens is 334 g/mol. The minimum atomic E-state index is 0.0552. The van der Waals surface area contributed by atoms with Crippen LogP contribution in [0.4, 0.5) is 5.69 Å². The maximum absolute atomic E-state index is 13.2. The van der Waals surface area contributed by atoms with Crippen molar-refractivity contribution in [3.05, 3.63) is 95.6 Å². The molecule has 0 saturated carbocycles. The number of para-hydroxylation sites is 1.